The van der Waals surface area contributed by atoms with Gasteiger partial charge >= 0.3 is 0 Å². The van der Waals surface area contributed by atoms with E-state index in [2.05, 4.69) is 5.32 Å². The number of nitrogen functional groups attached to an aromatic ring is 1. The maximum atomic E-state index is 12.9. The zero-order valence-electron chi connectivity index (χ0n) is 12.7. The van der Waals surface area contributed by atoms with E-state index >= 15 is 0 Å². The van der Waals surface area contributed by atoms with Crippen LogP contribution in [0.1, 0.15) is 25.0 Å². The highest BCUT2D eigenvalue weighted by atomic mass is 32.2. The molecule has 0 atom stereocenters. The predicted molar refractivity (Wildman–Crippen MR) is 81.3 cm³/mol. The summed E-state index contributed by atoms with van der Waals surface area (Å²) < 4.78 is 26.9. The molecule has 1 amide bonds. The molecule has 3 N–H and O–H groups in total. The Labute approximate surface area is 125 Å². The number of carbonyl (C=O) groups is 1. The van der Waals surface area contributed by atoms with Crippen LogP contribution in [-0.2, 0) is 14.8 Å². The highest BCUT2D eigenvalue weighted by molar-refractivity contribution is 7.89. The van der Waals surface area contributed by atoms with Crippen molar-refractivity contribution in [2.75, 3.05) is 18.8 Å². The Kier molecular flexibility index (Phi) is 3.75. The zero-order chi connectivity index (χ0) is 16.0. The quantitative estimate of drug-likeness (QED) is 0.790. The Balaban J connectivity index is 2.54. The predicted octanol–water partition coefficient (Wildman–Crippen LogP) is 0.785. The van der Waals surface area contributed by atoms with Gasteiger partial charge < -0.3 is 11.1 Å². The summed E-state index contributed by atoms with van der Waals surface area (Å²) in [5.74, 6) is -0.297. The third-order valence-electron chi connectivity index (χ3n) is 4.05. The van der Waals surface area contributed by atoms with Crippen LogP contribution >= 0.6 is 0 Å². The van der Waals surface area contributed by atoms with Crippen molar-refractivity contribution in [2.45, 2.75) is 38.1 Å². The average Bonchev–Trinajstić information content (AvgIpc) is 2.38. The molecular formula is C14H21N3O3S. The number of amides is 1. The second kappa shape index (κ2) is 4.99. The third-order valence-corrected chi connectivity index (χ3v) is 6.10. The second-order valence-electron chi connectivity index (χ2n) is 5.85. The van der Waals surface area contributed by atoms with E-state index in [1.807, 2.05) is 13.8 Å². The lowest BCUT2D eigenvalue weighted by atomic mass is 10.0. The zero-order valence-corrected chi connectivity index (χ0v) is 13.5. The van der Waals surface area contributed by atoms with Gasteiger partial charge in [-0.25, -0.2) is 8.42 Å². The Bertz CT molecular complexity index is 672. The molecule has 6 nitrogen and oxygen atoms in total. The van der Waals surface area contributed by atoms with Crippen LogP contribution in [0.3, 0.4) is 0 Å². The molecule has 0 radical (unpaired) electrons. The van der Waals surface area contributed by atoms with E-state index in [9.17, 15) is 13.2 Å². The number of anilines is 1. The van der Waals surface area contributed by atoms with E-state index in [1.165, 1.54) is 10.4 Å². The molecule has 2 rings (SSSR count). The number of hydrogen-bond donors (Lipinski definition) is 2. The number of benzene rings is 1. The normalized spacial score (nSPS) is 19.3. The molecule has 0 aromatic heterocycles. The summed E-state index contributed by atoms with van der Waals surface area (Å²) in [5, 5.41) is 2.69. The number of nitrogens with zero attached hydrogens (tertiary/aromatic N) is 1. The number of rotatable bonds is 2. The van der Waals surface area contributed by atoms with Crippen molar-refractivity contribution >= 4 is 21.6 Å². The molecule has 116 valence electrons. The number of aryl methyl sites for hydroxylation is 1. The highest BCUT2D eigenvalue weighted by Gasteiger charge is 2.44. The lowest BCUT2D eigenvalue weighted by molar-refractivity contribution is -0.131. The molecular weight excluding hydrogens is 290 g/mol. The first kappa shape index (κ1) is 15.8. The molecule has 0 aliphatic carbocycles. The van der Waals surface area contributed by atoms with Crippen molar-refractivity contribution in [3.8, 4) is 0 Å². The minimum atomic E-state index is -3.77. The van der Waals surface area contributed by atoms with E-state index < -0.39 is 15.6 Å². The van der Waals surface area contributed by atoms with Gasteiger partial charge in [0.25, 0.3) is 0 Å². The van der Waals surface area contributed by atoms with E-state index in [0.717, 1.165) is 11.1 Å². The Hall–Kier alpha value is -1.60. The molecule has 1 fully saturated rings. The van der Waals surface area contributed by atoms with Crippen LogP contribution in [0.4, 0.5) is 5.69 Å². The van der Waals surface area contributed by atoms with Crippen molar-refractivity contribution < 1.29 is 13.2 Å². The number of nitrogens with two attached hydrogens (primary N) is 1. The monoisotopic (exact) mass is 311 g/mol. The highest BCUT2D eigenvalue weighted by Crippen LogP contribution is 2.29. The van der Waals surface area contributed by atoms with Crippen LogP contribution in [0.5, 0.6) is 0 Å². The second-order valence-corrected chi connectivity index (χ2v) is 7.71. The van der Waals surface area contributed by atoms with Crippen LogP contribution in [0.15, 0.2) is 17.0 Å². The van der Waals surface area contributed by atoms with Crippen molar-refractivity contribution in [2.24, 2.45) is 0 Å². The maximum absolute atomic E-state index is 12.9. The number of nitrogens with one attached hydrogen (secondary N) is 1. The fraction of sp³-hybridized carbons (Fsp3) is 0.500. The topological polar surface area (TPSA) is 92.5 Å². The molecule has 1 heterocycles. The van der Waals surface area contributed by atoms with Crippen molar-refractivity contribution in [3.63, 3.8) is 0 Å². The van der Waals surface area contributed by atoms with Crippen molar-refractivity contribution in [1.82, 2.24) is 9.62 Å². The fourth-order valence-corrected chi connectivity index (χ4v) is 4.30. The van der Waals surface area contributed by atoms with E-state index in [-0.39, 0.29) is 17.3 Å². The number of carbonyl (C=O) groups excluding carboxylic acids is 1. The fourth-order valence-electron chi connectivity index (χ4n) is 2.43. The molecule has 1 saturated heterocycles. The maximum Gasteiger partial charge on any atom is 0.244 e. The molecule has 1 aromatic carbocycles. The van der Waals surface area contributed by atoms with Gasteiger partial charge in [-0.1, -0.05) is 0 Å². The summed E-state index contributed by atoms with van der Waals surface area (Å²) in [5.41, 5.74) is 6.88. The van der Waals surface area contributed by atoms with Gasteiger partial charge in [0.1, 0.15) is 5.54 Å². The Morgan fingerprint density at radius 1 is 1.29 bits per heavy atom. The SMILES string of the molecule is Cc1cc(S(=O)(=O)N2CCNC(=O)C2(C)C)cc(N)c1C. The number of hydrogen-bond acceptors (Lipinski definition) is 4. The molecule has 21 heavy (non-hydrogen) atoms. The Morgan fingerprint density at radius 2 is 1.90 bits per heavy atom. The molecule has 1 aromatic rings. The summed E-state index contributed by atoms with van der Waals surface area (Å²) in [6.45, 7) is 7.42. The Morgan fingerprint density at radius 3 is 2.48 bits per heavy atom. The largest absolute Gasteiger partial charge is 0.398 e. The van der Waals surface area contributed by atoms with Crippen molar-refractivity contribution in [3.05, 3.63) is 23.3 Å². The lowest BCUT2D eigenvalue weighted by Gasteiger charge is -2.39. The van der Waals surface area contributed by atoms with E-state index in [1.54, 1.807) is 19.9 Å². The van der Waals surface area contributed by atoms with Gasteiger partial charge in [-0.15, -0.1) is 0 Å². The number of sulfonamides is 1. The summed E-state index contributed by atoms with van der Waals surface area (Å²) in [6.07, 6.45) is 0. The van der Waals surface area contributed by atoms with Gasteiger partial charge in [-0.2, -0.15) is 4.31 Å². The van der Waals surface area contributed by atoms with E-state index in [4.69, 9.17) is 5.73 Å². The van der Waals surface area contributed by atoms with Crippen LogP contribution < -0.4 is 11.1 Å². The van der Waals surface area contributed by atoms with E-state index in [0.29, 0.717) is 12.2 Å². The molecule has 0 bridgehead atoms. The number of piperazine rings is 1. The molecule has 1 aliphatic rings. The minimum Gasteiger partial charge on any atom is -0.398 e. The van der Waals surface area contributed by atoms with Gasteiger partial charge in [0.2, 0.25) is 15.9 Å². The molecule has 0 saturated carbocycles. The standard InChI is InChI=1S/C14H21N3O3S/c1-9-7-11(8-12(15)10(9)2)21(19,20)17-6-5-16-13(18)14(17,3)4/h7-8H,5-6,15H2,1-4H3,(H,16,18). The smallest absolute Gasteiger partial charge is 0.244 e. The van der Waals surface area contributed by atoms with Gasteiger partial charge in [-0.3, -0.25) is 4.79 Å². The third kappa shape index (κ3) is 2.51. The van der Waals surface area contributed by atoms with Crippen molar-refractivity contribution in [1.29, 1.82) is 0 Å². The first-order chi connectivity index (χ1) is 9.58. The average molecular weight is 311 g/mol. The first-order valence-electron chi connectivity index (χ1n) is 6.76. The molecule has 0 spiro atoms. The van der Waals surface area contributed by atoms with Crippen LogP contribution in [0.2, 0.25) is 0 Å². The minimum absolute atomic E-state index is 0.130. The summed E-state index contributed by atoms with van der Waals surface area (Å²) in [6, 6.07) is 3.06. The summed E-state index contributed by atoms with van der Waals surface area (Å²) >= 11 is 0. The summed E-state index contributed by atoms with van der Waals surface area (Å²) in [4.78, 5) is 12.1. The lowest BCUT2D eigenvalue weighted by Crippen LogP contribution is -2.63. The van der Waals surface area contributed by atoms with Crippen LogP contribution in [-0.4, -0.2) is 37.3 Å². The van der Waals surface area contributed by atoms with Crippen LogP contribution in [0, 0.1) is 13.8 Å². The first-order valence-corrected chi connectivity index (χ1v) is 8.20. The van der Waals surface area contributed by atoms with Gasteiger partial charge in [0.05, 0.1) is 4.90 Å². The molecule has 0 unspecified atom stereocenters. The molecule has 1 aliphatic heterocycles. The van der Waals surface area contributed by atoms with Gasteiger partial charge in [0.15, 0.2) is 0 Å². The molecule has 7 heteroatoms. The van der Waals surface area contributed by atoms with Gasteiger partial charge in [-0.05, 0) is 51.0 Å². The van der Waals surface area contributed by atoms with Gasteiger partial charge in [0, 0.05) is 18.8 Å². The summed E-state index contributed by atoms with van der Waals surface area (Å²) in [7, 11) is -3.77. The van der Waals surface area contributed by atoms with Crippen LogP contribution in [0.25, 0.3) is 0 Å².